The molecule has 0 saturated carbocycles. The lowest BCUT2D eigenvalue weighted by Crippen LogP contribution is -2.45. The number of aliphatic hydroxyl groups excluding tert-OH is 1. The number of urea groups is 1. The van der Waals surface area contributed by atoms with Gasteiger partial charge in [-0.25, -0.2) is 9.59 Å². The molecule has 1 rings (SSSR count). The van der Waals surface area contributed by atoms with Crippen LogP contribution in [0.1, 0.15) is 0 Å². The molecule has 8 nitrogen and oxygen atoms in total. The fourth-order valence-corrected chi connectivity index (χ4v) is 1.14. The molecule has 1 aromatic heterocycles. The van der Waals surface area contributed by atoms with Crippen LogP contribution < -0.4 is 10.6 Å². The summed E-state index contributed by atoms with van der Waals surface area (Å²) in [6, 6.07) is -2.09. The van der Waals surface area contributed by atoms with Crippen molar-refractivity contribution in [1.82, 2.24) is 15.5 Å². The third-order valence-electron chi connectivity index (χ3n) is 1.37. The Morgan fingerprint density at radius 1 is 1.60 bits per heavy atom. The van der Waals surface area contributed by atoms with Gasteiger partial charge in [0.1, 0.15) is 5.51 Å². The predicted molar refractivity (Wildman–Crippen MR) is 50.6 cm³/mol. The van der Waals surface area contributed by atoms with Crippen LogP contribution in [-0.2, 0) is 4.79 Å². The monoisotopic (exact) mass is 232 g/mol. The van der Waals surface area contributed by atoms with Crippen molar-refractivity contribution in [2.45, 2.75) is 6.04 Å². The number of hydrogen-bond donors (Lipinski definition) is 4. The van der Waals surface area contributed by atoms with Crippen LogP contribution in [0.5, 0.6) is 0 Å². The molecule has 0 aliphatic rings. The van der Waals surface area contributed by atoms with Crippen molar-refractivity contribution in [3.05, 3.63) is 5.51 Å². The molecule has 0 aliphatic carbocycles. The fraction of sp³-hybridized carbons (Fsp3) is 0.333. The maximum absolute atomic E-state index is 11.1. The molecular weight excluding hydrogens is 224 g/mol. The molecule has 0 radical (unpaired) electrons. The minimum absolute atomic E-state index is 0.245. The average molecular weight is 232 g/mol. The molecule has 0 bridgehead atoms. The van der Waals surface area contributed by atoms with E-state index in [0.717, 1.165) is 11.3 Å². The van der Waals surface area contributed by atoms with Gasteiger partial charge >= 0.3 is 12.0 Å². The van der Waals surface area contributed by atoms with E-state index in [-0.39, 0.29) is 5.13 Å². The van der Waals surface area contributed by atoms with Gasteiger partial charge in [-0.2, -0.15) is 0 Å². The lowest BCUT2D eigenvalue weighted by atomic mass is 10.3. The van der Waals surface area contributed by atoms with E-state index < -0.39 is 24.6 Å². The Morgan fingerprint density at radius 3 is 2.80 bits per heavy atom. The van der Waals surface area contributed by atoms with Gasteiger partial charge in [-0.05, 0) is 0 Å². The first-order valence-electron chi connectivity index (χ1n) is 3.81. The first kappa shape index (κ1) is 11.3. The van der Waals surface area contributed by atoms with Crippen molar-refractivity contribution in [1.29, 1.82) is 0 Å². The van der Waals surface area contributed by atoms with Crippen LogP contribution in [-0.4, -0.2) is 45.1 Å². The minimum Gasteiger partial charge on any atom is -0.480 e. The number of carbonyl (C=O) groups excluding carboxylic acids is 1. The molecule has 15 heavy (non-hydrogen) atoms. The lowest BCUT2D eigenvalue weighted by molar-refractivity contribution is -0.140. The average Bonchev–Trinajstić information content (AvgIpc) is 2.66. The summed E-state index contributed by atoms with van der Waals surface area (Å²) in [6.07, 6.45) is 0. The summed E-state index contributed by atoms with van der Waals surface area (Å²) < 4.78 is 0. The van der Waals surface area contributed by atoms with Gasteiger partial charge in [0.25, 0.3) is 0 Å². The Balaban J connectivity index is 2.45. The van der Waals surface area contributed by atoms with E-state index >= 15 is 0 Å². The van der Waals surface area contributed by atoms with Gasteiger partial charge in [-0.15, -0.1) is 10.2 Å². The first-order valence-corrected chi connectivity index (χ1v) is 4.68. The number of aromatic nitrogens is 2. The lowest BCUT2D eigenvalue weighted by Gasteiger charge is -2.10. The fourth-order valence-electron chi connectivity index (χ4n) is 0.704. The third-order valence-corrected chi connectivity index (χ3v) is 1.97. The summed E-state index contributed by atoms with van der Waals surface area (Å²) in [4.78, 5) is 21.6. The Bertz CT molecular complexity index is 341. The molecule has 1 heterocycles. The number of aliphatic carboxylic acids is 1. The zero-order valence-corrected chi connectivity index (χ0v) is 8.19. The molecular formula is C6H8N4O4S. The van der Waals surface area contributed by atoms with Crippen molar-refractivity contribution in [2.75, 3.05) is 11.9 Å². The number of rotatable bonds is 4. The summed E-state index contributed by atoms with van der Waals surface area (Å²) in [7, 11) is 0. The van der Waals surface area contributed by atoms with Crippen molar-refractivity contribution in [3.63, 3.8) is 0 Å². The van der Waals surface area contributed by atoms with E-state index in [2.05, 4.69) is 15.5 Å². The highest BCUT2D eigenvalue weighted by atomic mass is 32.1. The second-order valence-corrected chi connectivity index (χ2v) is 3.25. The van der Waals surface area contributed by atoms with Crippen LogP contribution in [0.2, 0.25) is 0 Å². The van der Waals surface area contributed by atoms with E-state index in [0.29, 0.717) is 0 Å². The summed E-state index contributed by atoms with van der Waals surface area (Å²) >= 11 is 1.09. The minimum atomic E-state index is -1.34. The van der Waals surface area contributed by atoms with E-state index in [9.17, 15) is 9.59 Å². The molecule has 0 aromatic carbocycles. The molecule has 9 heteroatoms. The highest BCUT2D eigenvalue weighted by Gasteiger charge is 2.18. The number of anilines is 1. The van der Waals surface area contributed by atoms with E-state index in [1.54, 1.807) is 0 Å². The molecule has 0 unspecified atom stereocenters. The first-order chi connectivity index (χ1) is 7.13. The van der Waals surface area contributed by atoms with Gasteiger partial charge in [0.05, 0.1) is 6.61 Å². The second-order valence-electron chi connectivity index (χ2n) is 2.42. The molecule has 4 N–H and O–H groups in total. The van der Waals surface area contributed by atoms with Crippen molar-refractivity contribution >= 4 is 28.5 Å². The number of hydrogen-bond acceptors (Lipinski definition) is 6. The van der Waals surface area contributed by atoms with Gasteiger partial charge in [-0.1, -0.05) is 11.3 Å². The summed E-state index contributed by atoms with van der Waals surface area (Å²) in [5.74, 6) is -1.31. The van der Waals surface area contributed by atoms with Crippen LogP contribution in [0.15, 0.2) is 5.51 Å². The highest BCUT2D eigenvalue weighted by molar-refractivity contribution is 7.13. The van der Waals surface area contributed by atoms with Gasteiger partial charge in [0.15, 0.2) is 6.04 Å². The van der Waals surface area contributed by atoms with Crippen LogP contribution in [0, 0.1) is 0 Å². The number of carbonyl (C=O) groups is 2. The third kappa shape index (κ3) is 3.48. The van der Waals surface area contributed by atoms with Gasteiger partial charge in [0, 0.05) is 0 Å². The quantitative estimate of drug-likeness (QED) is 0.533. The molecule has 0 fully saturated rings. The van der Waals surface area contributed by atoms with Crippen molar-refractivity contribution < 1.29 is 19.8 Å². The SMILES string of the molecule is O=C(Nc1nncs1)N[C@@H](CO)C(=O)O. The normalized spacial score (nSPS) is 11.8. The van der Waals surface area contributed by atoms with Crippen LogP contribution in [0.4, 0.5) is 9.93 Å². The maximum Gasteiger partial charge on any atom is 0.328 e. The standard InChI is InChI=1S/C6H8N4O4S/c11-1-3(4(12)13)8-5(14)9-6-10-7-2-15-6/h2-3,11H,1H2,(H,12,13)(H2,8,9,10,14)/t3-/m0/s1. The van der Waals surface area contributed by atoms with E-state index in [1.807, 2.05) is 5.32 Å². The highest BCUT2D eigenvalue weighted by Crippen LogP contribution is 2.07. The molecule has 1 atom stereocenters. The maximum atomic E-state index is 11.1. The largest absolute Gasteiger partial charge is 0.480 e. The van der Waals surface area contributed by atoms with Gasteiger partial charge < -0.3 is 15.5 Å². The number of nitrogens with zero attached hydrogens (tertiary/aromatic N) is 2. The number of aliphatic hydroxyl groups is 1. The van der Waals surface area contributed by atoms with E-state index in [1.165, 1.54) is 5.51 Å². The van der Waals surface area contributed by atoms with E-state index in [4.69, 9.17) is 10.2 Å². The summed E-state index contributed by atoms with van der Waals surface area (Å²) in [6.45, 7) is -0.682. The van der Waals surface area contributed by atoms with Crippen LogP contribution in [0.3, 0.4) is 0 Å². The number of nitrogens with one attached hydrogen (secondary N) is 2. The van der Waals surface area contributed by atoms with Crippen molar-refractivity contribution in [2.24, 2.45) is 0 Å². The Labute approximate surface area is 88.0 Å². The zero-order valence-electron chi connectivity index (χ0n) is 7.38. The molecule has 0 spiro atoms. The van der Waals surface area contributed by atoms with Crippen LogP contribution >= 0.6 is 11.3 Å². The molecule has 0 aliphatic heterocycles. The molecule has 2 amide bonds. The Morgan fingerprint density at radius 2 is 2.33 bits per heavy atom. The van der Waals surface area contributed by atoms with Gasteiger partial charge in [0.2, 0.25) is 5.13 Å². The van der Waals surface area contributed by atoms with Crippen molar-refractivity contribution in [3.8, 4) is 0 Å². The topological polar surface area (TPSA) is 124 Å². The Kier molecular flexibility index (Phi) is 3.94. The van der Waals surface area contributed by atoms with Gasteiger partial charge in [-0.3, -0.25) is 5.32 Å². The Hall–Kier alpha value is -1.74. The smallest absolute Gasteiger partial charge is 0.328 e. The second kappa shape index (κ2) is 5.22. The summed E-state index contributed by atoms with van der Waals surface area (Å²) in [5, 5.41) is 28.7. The molecule has 1 aromatic rings. The number of amides is 2. The zero-order chi connectivity index (χ0) is 11.3. The number of carboxylic acid groups (broad SMARTS) is 1. The molecule has 0 saturated heterocycles. The predicted octanol–water partition coefficient (Wildman–Crippen LogP) is -0.895. The summed E-state index contributed by atoms with van der Waals surface area (Å²) in [5.41, 5.74) is 1.41. The number of carboxylic acids is 1. The molecule has 82 valence electrons. The van der Waals surface area contributed by atoms with Crippen LogP contribution in [0.25, 0.3) is 0 Å².